The molecular weight excluding hydrogens is 413 g/mol. The first-order chi connectivity index (χ1) is 15.6. The molecule has 164 valence electrons. The molecule has 2 aliphatic heterocycles. The van der Waals surface area contributed by atoms with Crippen molar-refractivity contribution in [1.29, 1.82) is 0 Å². The van der Waals surface area contributed by atoms with Gasteiger partial charge in [-0.1, -0.05) is 6.07 Å². The smallest absolute Gasteiger partial charge is 0.251 e. The summed E-state index contributed by atoms with van der Waals surface area (Å²) in [7, 11) is 0. The molecule has 8 heteroatoms. The summed E-state index contributed by atoms with van der Waals surface area (Å²) in [6, 6.07) is 12.5. The number of aromatic hydroxyl groups is 1. The largest absolute Gasteiger partial charge is 0.507 e. The highest BCUT2D eigenvalue weighted by Crippen LogP contribution is 2.43. The summed E-state index contributed by atoms with van der Waals surface area (Å²) in [5.41, 5.74) is 1.95. The minimum absolute atomic E-state index is 0.105. The Morgan fingerprint density at radius 3 is 2.72 bits per heavy atom. The Morgan fingerprint density at radius 1 is 1.16 bits per heavy atom. The fraction of sp³-hybridized carbons (Fsp3) is 0.250. The van der Waals surface area contributed by atoms with Crippen molar-refractivity contribution in [3.05, 3.63) is 83.4 Å². The summed E-state index contributed by atoms with van der Waals surface area (Å²) in [5.74, 6) is 0.473. The lowest BCUT2D eigenvalue weighted by molar-refractivity contribution is 0.0936. The Kier molecular flexibility index (Phi) is 5.36. The molecule has 1 aromatic heterocycles. The van der Waals surface area contributed by atoms with Gasteiger partial charge in [-0.15, -0.1) is 0 Å². The minimum Gasteiger partial charge on any atom is -0.507 e. The van der Waals surface area contributed by atoms with Crippen LogP contribution in [0.15, 0.2) is 60.9 Å². The molecule has 5 rings (SSSR count). The fourth-order valence-corrected chi connectivity index (χ4v) is 4.34. The van der Waals surface area contributed by atoms with Gasteiger partial charge in [-0.3, -0.25) is 14.7 Å². The van der Waals surface area contributed by atoms with Crippen LogP contribution in [0.25, 0.3) is 0 Å². The zero-order valence-electron chi connectivity index (χ0n) is 17.2. The third kappa shape index (κ3) is 3.97. The van der Waals surface area contributed by atoms with Crippen LogP contribution in [0.4, 0.5) is 4.39 Å². The number of nitrogens with zero attached hydrogens (tertiary/aromatic N) is 2. The van der Waals surface area contributed by atoms with Crippen molar-refractivity contribution in [2.24, 2.45) is 0 Å². The van der Waals surface area contributed by atoms with Gasteiger partial charge in [-0.2, -0.15) is 0 Å². The number of pyridine rings is 1. The summed E-state index contributed by atoms with van der Waals surface area (Å²) >= 11 is 0. The van der Waals surface area contributed by atoms with Gasteiger partial charge in [0.1, 0.15) is 11.6 Å². The lowest BCUT2D eigenvalue weighted by Crippen LogP contribution is -2.38. The molecule has 3 aromatic rings. The highest BCUT2D eigenvalue weighted by Gasteiger charge is 2.33. The number of hydrogen-bond acceptors (Lipinski definition) is 6. The second kappa shape index (κ2) is 8.47. The molecule has 2 aromatic carbocycles. The Labute approximate surface area is 184 Å². The van der Waals surface area contributed by atoms with Gasteiger partial charge in [0.15, 0.2) is 11.5 Å². The average Bonchev–Trinajstić information content (AvgIpc) is 3.44. The van der Waals surface area contributed by atoms with Crippen molar-refractivity contribution >= 4 is 5.91 Å². The van der Waals surface area contributed by atoms with E-state index in [0.29, 0.717) is 35.7 Å². The van der Waals surface area contributed by atoms with Crippen LogP contribution in [0.3, 0.4) is 0 Å². The lowest BCUT2D eigenvalue weighted by atomic mass is 9.96. The molecule has 7 nitrogen and oxygen atoms in total. The predicted molar refractivity (Wildman–Crippen MR) is 114 cm³/mol. The van der Waals surface area contributed by atoms with Crippen molar-refractivity contribution in [3.63, 3.8) is 0 Å². The van der Waals surface area contributed by atoms with Crippen molar-refractivity contribution in [1.82, 2.24) is 15.2 Å². The standard InChI is InChI=1S/C24H22FN3O4/c25-17-3-1-2-16(10-17)24(30)27-18-6-9-28(13-18)23(15-4-7-26-8-5-15)19-11-21-22(12-20(19)29)32-14-31-21/h1-5,7-8,10-12,18,23,29H,6,9,13-14H2,(H,27,30)/t18-,23?/m1/s1. The second-order valence-electron chi connectivity index (χ2n) is 7.91. The van der Waals surface area contributed by atoms with E-state index in [9.17, 15) is 14.3 Å². The third-order valence-electron chi connectivity index (χ3n) is 5.85. The van der Waals surface area contributed by atoms with E-state index in [4.69, 9.17) is 9.47 Å². The number of benzene rings is 2. The van der Waals surface area contributed by atoms with E-state index in [-0.39, 0.29) is 30.5 Å². The molecule has 1 saturated heterocycles. The number of likely N-dealkylation sites (tertiary alicyclic amines) is 1. The van der Waals surface area contributed by atoms with E-state index in [2.05, 4.69) is 15.2 Å². The minimum atomic E-state index is -0.443. The van der Waals surface area contributed by atoms with Gasteiger partial charge in [-0.05, 0) is 48.4 Å². The van der Waals surface area contributed by atoms with E-state index < -0.39 is 5.82 Å². The Balaban J connectivity index is 1.40. The zero-order chi connectivity index (χ0) is 22.1. The number of ether oxygens (including phenoxy) is 2. The van der Waals surface area contributed by atoms with Crippen LogP contribution in [-0.4, -0.2) is 46.8 Å². The van der Waals surface area contributed by atoms with Crippen LogP contribution in [0.1, 0.15) is 33.9 Å². The molecule has 0 saturated carbocycles. The van der Waals surface area contributed by atoms with Crippen molar-refractivity contribution in [2.45, 2.75) is 18.5 Å². The van der Waals surface area contributed by atoms with Crippen LogP contribution >= 0.6 is 0 Å². The summed E-state index contributed by atoms with van der Waals surface area (Å²) < 4.78 is 24.4. The van der Waals surface area contributed by atoms with E-state index in [0.717, 1.165) is 12.0 Å². The summed E-state index contributed by atoms with van der Waals surface area (Å²) in [6.45, 7) is 1.40. The fourth-order valence-electron chi connectivity index (χ4n) is 4.34. The topological polar surface area (TPSA) is 83.9 Å². The van der Waals surface area contributed by atoms with Gasteiger partial charge in [0.05, 0.1) is 6.04 Å². The van der Waals surface area contributed by atoms with Gasteiger partial charge in [0, 0.05) is 48.7 Å². The van der Waals surface area contributed by atoms with E-state index in [1.165, 1.54) is 18.2 Å². The first-order valence-corrected chi connectivity index (χ1v) is 10.4. The first-order valence-electron chi connectivity index (χ1n) is 10.4. The maximum Gasteiger partial charge on any atom is 0.251 e. The van der Waals surface area contributed by atoms with Gasteiger partial charge < -0.3 is 19.9 Å². The maximum atomic E-state index is 13.5. The molecule has 32 heavy (non-hydrogen) atoms. The molecule has 2 atom stereocenters. The molecule has 2 N–H and O–H groups in total. The highest BCUT2D eigenvalue weighted by atomic mass is 19.1. The number of phenolic OH excluding ortho intramolecular Hbond substituents is 1. The van der Waals surface area contributed by atoms with Gasteiger partial charge in [0.25, 0.3) is 5.91 Å². The normalized spacial score (nSPS) is 18.5. The molecule has 0 bridgehead atoms. The highest BCUT2D eigenvalue weighted by molar-refractivity contribution is 5.94. The quantitative estimate of drug-likeness (QED) is 0.640. The SMILES string of the molecule is O=C(N[C@@H]1CCN(C(c2ccncc2)c2cc3c(cc2O)OCO3)C1)c1cccc(F)c1. The number of phenols is 1. The van der Waals surface area contributed by atoms with Gasteiger partial charge in [0.2, 0.25) is 6.79 Å². The molecule has 1 fully saturated rings. The monoisotopic (exact) mass is 435 g/mol. The van der Waals surface area contributed by atoms with Gasteiger partial charge in [-0.25, -0.2) is 4.39 Å². The summed E-state index contributed by atoms with van der Waals surface area (Å²) in [6.07, 6.45) is 4.16. The molecule has 1 amide bonds. The summed E-state index contributed by atoms with van der Waals surface area (Å²) in [4.78, 5) is 18.9. The third-order valence-corrected chi connectivity index (χ3v) is 5.85. The number of rotatable bonds is 5. The van der Waals surface area contributed by atoms with E-state index >= 15 is 0 Å². The molecule has 1 unspecified atom stereocenters. The average molecular weight is 435 g/mol. The number of carbonyl (C=O) groups excluding carboxylic acids is 1. The Bertz CT molecular complexity index is 1140. The maximum absolute atomic E-state index is 13.5. The van der Waals surface area contributed by atoms with Crippen LogP contribution in [0, 0.1) is 5.82 Å². The number of hydrogen-bond donors (Lipinski definition) is 2. The Hall–Kier alpha value is -3.65. The van der Waals surface area contributed by atoms with E-state index in [1.807, 2.05) is 12.1 Å². The summed E-state index contributed by atoms with van der Waals surface area (Å²) in [5, 5.41) is 13.8. The molecular formula is C24H22FN3O4. The predicted octanol–water partition coefficient (Wildman–Crippen LogP) is 3.25. The number of halogens is 1. The van der Waals surface area contributed by atoms with Crippen molar-refractivity contribution in [2.75, 3.05) is 19.9 Å². The number of carbonyl (C=O) groups is 1. The molecule has 0 radical (unpaired) electrons. The number of aromatic nitrogens is 1. The Morgan fingerprint density at radius 2 is 1.94 bits per heavy atom. The molecule has 2 aliphatic rings. The van der Waals surface area contributed by atoms with Gasteiger partial charge >= 0.3 is 0 Å². The van der Waals surface area contributed by atoms with Crippen molar-refractivity contribution < 1.29 is 23.8 Å². The molecule has 0 spiro atoms. The second-order valence-corrected chi connectivity index (χ2v) is 7.91. The van der Waals surface area contributed by atoms with E-state index in [1.54, 1.807) is 30.6 Å². The molecule has 3 heterocycles. The molecule has 0 aliphatic carbocycles. The first kappa shape index (κ1) is 20.3. The van der Waals surface area contributed by atoms with Crippen LogP contribution in [0.5, 0.6) is 17.2 Å². The number of fused-ring (bicyclic) bond motifs is 1. The van der Waals surface area contributed by atoms with Crippen LogP contribution in [0.2, 0.25) is 0 Å². The number of nitrogens with one attached hydrogen (secondary N) is 1. The zero-order valence-corrected chi connectivity index (χ0v) is 17.2. The lowest BCUT2D eigenvalue weighted by Gasteiger charge is -2.29. The number of amides is 1. The van der Waals surface area contributed by atoms with Crippen LogP contribution < -0.4 is 14.8 Å². The van der Waals surface area contributed by atoms with Crippen molar-refractivity contribution in [3.8, 4) is 17.2 Å². The van der Waals surface area contributed by atoms with Crippen LogP contribution in [-0.2, 0) is 0 Å².